The lowest BCUT2D eigenvalue weighted by Gasteiger charge is -2.32. The molecule has 1 fully saturated rings. The molecule has 0 aromatic carbocycles. The van der Waals surface area contributed by atoms with Crippen LogP contribution in [0.5, 0.6) is 0 Å². The number of hydrogen-bond acceptors (Lipinski definition) is 4. The van der Waals surface area contributed by atoms with Crippen molar-refractivity contribution in [1.82, 2.24) is 9.88 Å². The van der Waals surface area contributed by atoms with E-state index >= 15 is 0 Å². The Morgan fingerprint density at radius 1 is 1.50 bits per heavy atom. The molecule has 1 atom stereocenters. The van der Waals surface area contributed by atoms with Gasteiger partial charge in [-0.05, 0) is 12.1 Å². The third kappa shape index (κ3) is 3.26. The number of nitrogens with zero attached hydrogens (tertiary/aromatic N) is 2. The van der Waals surface area contributed by atoms with E-state index in [1.807, 2.05) is 0 Å². The first kappa shape index (κ1) is 14.7. The van der Waals surface area contributed by atoms with E-state index in [1.165, 1.54) is 4.90 Å². The largest absolute Gasteiger partial charge is 0.417 e. The minimum atomic E-state index is -4.46. The third-order valence-electron chi connectivity index (χ3n) is 3.00. The summed E-state index contributed by atoms with van der Waals surface area (Å²) in [6.07, 6.45) is -4.05. The van der Waals surface area contributed by atoms with Gasteiger partial charge in [0.15, 0.2) is 0 Å². The standard InChI is InChI=1S/C12H14F3N3O2/c13-12(14,15)8-1-2-10(17-6-8)11(19)18-3-4-20-9(5-16)7-18/h1-2,6,9H,3-5,7,16H2. The fraction of sp³-hybridized carbons (Fsp3) is 0.500. The molecule has 1 amide bonds. The van der Waals surface area contributed by atoms with Crippen molar-refractivity contribution in [2.75, 3.05) is 26.2 Å². The number of ether oxygens (including phenoxy) is 1. The number of alkyl halides is 3. The van der Waals surface area contributed by atoms with Crippen molar-refractivity contribution in [3.8, 4) is 0 Å². The lowest BCUT2D eigenvalue weighted by atomic mass is 10.2. The molecule has 1 aliphatic heterocycles. The second kappa shape index (κ2) is 5.76. The van der Waals surface area contributed by atoms with Gasteiger partial charge in [0, 0.05) is 25.8 Å². The molecule has 0 radical (unpaired) electrons. The molecule has 1 unspecified atom stereocenters. The van der Waals surface area contributed by atoms with Gasteiger partial charge in [-0.3, -0.25) is 9.78 Å². The number of halogens is 3. The zero-order valence-corrected chi connectivity index (χ0v) is 10.6. The Bertz CT molecular complexity index is 476. The highest BCUT2D eigenvalue weighted by Crippen LogP contribution is 2.28. The number of pyridine rings is 1. The molecule has 2 N–H and O–H groups in total. The predicted octanol–water partition coefficient (Wildman–Crippen LogP) is 0.900. The van der Waals surface area contributed by atoms with Crippen molar-refractivity contribution in [3.63, 3.8) is 0 Å². The predicted molar refractivity (Wildman–Crippen MR) is 63.9 cm³/mol. The topological polar surface area (TPSA) is 68.5 Å². The summed E-state index contributed by atoms with van der Waals surface area (Å²) in [6, 6.07) is 1.93. The van der Waals surface area contributed by atoms with E-state index in [0.717, 1.165) is 12.1 Å². The molecular weight excluding hydrogens is 275 g/mol. The number of nitrogens with two attached hydrogens (primary N) is 1. The SMILES string of the molecule is NCC1CN(C(=O)c2ccc(C(F)(F)F)cn2)CCO1. The van der Waals surface area contributed by atoms with Gasteiger partial charge < -0.3 is 15.4 Å². The summed E-state index contributed by atoms with van der Waals surface area (Å²) in [6.45, 7) is 1.33. The number of hydrogen-bond donors (Lipinski definition) is 1. The van der Waals surface area contributed by atoms with Crippen molar-refractivity contribution in [2.24, 2.45) is 5.73 Å². The average Bonchev–Trinajstić information content (AvgIpc) is 2.46. The van der Waals surface area contributed by atoms with Gasteiger partial charge in [-0.15, -0.1) is 0 Å². The van der Waals surface area contributed by atoms with Crippen molar-refractivity contribution < 1.29 is 22.7 Å². The first-order valence-electron chi connectivity index (χ1n) is 6.06. The monoisotopic (exact) mass is 289 g/mol. The Morgan fingerprint density at radius 3 is 2.80 bits per heavy atom. The maximum absolute atomic E-state index is 12.4. The van der Waals surface area contributed by atoms with E-state index in [4.69, 9.17) is 10.5 Å². The van der Waals surface area contributed by atoms with Gasteiger partial charge in [-0.1, -0.05) is 0 Å². The Balaban J connectivity index is 2.09. The van der Waals surface area contributed by atoms with E-state index in [2.05, 4.69) is 4.98 Å². The molecule has 20 heavy (non-hydrogen) atoms. The fourth-order valence-corrected chi connectivity index (χ4v) is 1.90. The molecule has 0 bridgehead atoms. The maximum Gasteiger partial charge on any atom is 0.417 e. The Kier molecular flexibility index (Phi) is 4.24. The Morgan fingerprint density at radius 2 is 2.25 bits per heavy atom. The van der Waals surface area contributed by atoms with E-state index in [0.29, 0.717) is 25.9 Å². The molecule has 110 valence electrons. The van der Waals surface area contributed by atoms with E-state index < -0.39 is 17.6 Å². The van der Waals surface area contributed by atoms with E-state index in [1.54, 1.807) is 0 Å². The zero-order chi connectivity index (χ0) is 14.8. The quantitative estimate of drug-likeness (QED) is 0.878. The highest BCUT2D eigenvalue weighted by atomic mass is 19.4. The molecule has 1 saturated heterocycles. The van der Waals surface area contributed by atoms with Crippen LogP contribution in [-0.4, -0.2) is 48.1 Å². The normalized spacial score (nSPS) is 20.0. The van der Waals surface area contributed by atoms with Crippen LogP contribution in [0.15, 0.2) is 18.3 Å². The number of morpholine rings is 1. The molecule has 0 aliphatic carbocycles. The lowest BCUT2D eigenvalue weighted by molar-refractivity contribution is -0.137. The Hall–Kier alpha value is -1.67. The summed E-state index contributed by atoms with van der Waals surface area (Å²) in [5.41, 5.74) is 4.57. The number of carbonyl (C=O) groups is 1. The van der Waals surface area contributed by atoms with Crippen molar-refractivity contribution in [1.29, 1.82) is 0 Å². The lowest BCUT2D eigenvalue weighted by Crippen LogP contribution is -2.48. The third-order valence-corrected chi connectivity index (χ3v) is 3.00. The first-order chi connectivity index (χ1) is 9.41. The van der Waals surface area contributed by atoms with Crippen molar-refractivity contribution in [2.45, 2.75) is 12.3 Å². The summed E-state index contributed by atoms with van der Waals surface area (Å²) in [4.78, 5) is 17.2. The molecular formula is C12H14F3N3O2. The van der Waals surface area contributed by atoms with Gasteiger partial charge in [0.1, 0.15) is 5.69 Å². The maximum atomic E-state index is 12.4. The average molecular weight is 289 g/mol. The molecule has 1 aromatic heterocycles. The minimum absolute atomic E-state index is 0.0179. The van der Waals surface area contributed by atoms with Crippen LogP contribution >= 0.6 is 0 Å². The molecule has 2 rings (SSSR count). The highest BCUT2D eigenvalue weighted by Gasteiger charge is 2.31. The van der Waals surface area contributed by atoms with Crippen LogP contribution in [0.3, 0.4) is 0 Å². The number of amides is 1. The van der Waals surface area contributed by atoms with E-state index in [-0.39, 0.29) is 18.3 Å². The van der Waals surface area contributed by atoms with Gasteiger partial charge in [0.2, 0.25) is 0 Å². The summed E-state index contributed by atoms with van der Waals surface area (Å²) in [5.74, 6) is -0.416. The second-order valence-electron chi connectivity index (χ2n) is 4.41. The van der Waals surface area contributed by atoms with Crippen LogP contribution < -0.4 is 5.73 Å². The Labute approximate surface area is 113 Å². The minimum Gasteiger partial charge on any atom is -0.373 e. The number of rotatable bonds is 2. The van der Waals surface area contributed by atoms with Crippen molar-refractivity contribution in [3.05, 3.63) is 29.6 Å². The van der Waals surface area contributed by atoms with Crippen LogP contribution in [0, 0.1) is 0 Å². The molecule has 1 aromatic rings. The zero-order valence-electron chi connectivity index (χ0n) is 10.6. The van der Waals surface area contributed by atoms with Crippen LogP contribution in [0.2, 0.25) is 0 Å². The number of aromatic nitrogens is 1. The first-order valence-corrected chi connectivity index (χ1v) is 6.06. The summed E-state index contributed by atoms with van der Waals surface area (Å²) in [7, 11) is 0. The molecule has 5 nitrogen and oxygen atoms in total. The summed E-state index contributed by atoms with van der Waals surface area (Å²) >= 11 is 0. The van der Waals surface area contributed by atoms with Gasteiger partial charge in [0.05, 0.1) is 18.3 Å². The van der Waals surface area contributed by atoms with Crippen LogP contribution in [0.4, 0.5) is 13.2 Å². The number of carbonyl (C=O) groups excluding carboxylic acids is 1. The van der Waals surface area contributed by atoms with Crippen LogP contribution in [-0.2, 0) is 10.9 Å². The molecule has 0 spiro atoms. The van der Waals surface area contributed by atoms with Crippen LogP contribution in [0.25, 0.3) is 0 Å². The molecule has 1 aliphatic rings. The van der Waals surface area contributed by atoms with Crippen molar-refractivity contribution >= 4 is 5.91 Å². The molecule has 0 saturated carbocycles. The summed E-state index contributed by atoms with van der Waals surface area (Å²) < 4.78 is 42.5. The van der Waals surface area contributed by atoms with Gasteiger partial charge >= 0.3 is 6.18 Å². The smallest absolute Gasteiger partial charge is 0.373 e. The second-order valence-corrected chi connectivity index (χ2v) is 4.41. The van der Waals surface area contributed by atoms with E-state index in [9.17, 15) is 18.0 Å². The molecule has 8 heteroatoms. The fourth-order valence-electron chi connectivity index (χ4n) is 1.90. The van der Waals surface area contributed by atoms with Gasteiger partial charge in [0.25, 0.3) is 5.91 Å². The highest BCUT2D eigenvalue weighted by molar-refractivity contribution is 5.92. The summed E-state index contributed by atoms with van der Waals surface area (Å²) in [5, 5.41) is 0. The van der Waals surface area contributed by atoms with Crippen LogP contribution in [0.1, 0.15) is 16.1 Å². The van der Waals surface area contributed by atoms with Gasteiger partial charge in [-0.25, -0.2) is 0 Å². The van der Waals surface area contributed by atoms with Gasteiger partial charge in [-0.2, -0.15) is 13.2 Å². The molecule has 2 heterocycles.